The highest BCUT2D eigenvalue weighted by molar-refractivity contribution is 5.81. The highest BCUT2D eigenvalue weighted by atomic mass is 16.3. The maximum Gasteiger partial charge on any atom is 0.237 e. The molecule has 4 heteroatoms. The van der Waals surface area contributed by atoms with Crippen molar-refractivity contribution >= 4 is 5.91 Å². The van der Waals surface area contributed by atoms with Crippen LogP contribution >= 0.6 is 0 Å². The molecule has 0 fully saturated rings. The summed E-state index contributed by atoms with van der Waals surface area (Å²) in [6.07, 6.45) is 2.44. The molecule has 0 aliphatic carbocycles. The van der Waals surface area contributed by atoms with Crippen molar-refractivity contribution in [1.82, 2.24) is 5.32 Å². The van der Waals surface area contributed by atoms with Gasteiger partial charge < -0.3 is 16.2 Å². The molecule has 96 valence electrons. The van der Waals surface area contributed by atoms with Crippen molar-refractivity contribution in [2.24, 2.45) is 11.7 Å². The van der Waals surface area contributed by atoms with Crippen LogP contribution in [0.15, 0.2) is 0 Å². The molecule has 0 bridgehead atoms. The van der Waals surface area contributed by atoms with Gasteiger partial charge in [0.05, 0.1) is 11.6 Å². The minimum absolute atomic E-state index is 0.163. The van der Waals surface area contributed by atoms with Crippen LogP contribution in [0.4, 0.5) is 0 Å². The Balaban J connectivity index is 4.06. The number of hydrogen-bond acceptors (Lipinski definition) is 3. The van der Waals surface area contributed by atoms with Gasteiger partial charge in [-0.15, -0.1) is 0 Å². The third-order valence-corrected chi connectivity index (χ3v) is 2.99. The largest absolute Gasteiger partial charge is 0.388 e. The Hall–Kier alpha value is -0.610. The summed E-state index contributed by atoms with van der Waals surface area (Å²) in [4.78, 5) is 11.6. The summed E-state index contributed by atoms with van der Waals surface area (Å²) in [7, 11) is 0. The fraction of sp³-hybridized carbons (Fsp3) is 0.917. The Morgan fingerprint density at radius 3 is 2.50 bits per heavy atom. The summed E-state index contributed by atoms with van der Waals surface area (Å²) in [5.74, 6) is -0.0122. The third kappa shape index (κ3) is 5.47. The third-order valence-electron chi connectivity index (χ3n) is 2.99. The predicted molar refractivity (Wildman–Crippen MR) is 66.0 cm³/mol. The van der Waals surface area contributed by atoms with Gasteiger partial charge >= 0.3 is 0 Å². The van der Waals surface area contributed by atoms with Gasteiger partial charge in [0, 0.05) is 6.54 Å². The first-order valence-corrected chi connectivity index (χ1v) is 6.09. The lowest BCUT2D eigenvalue weighted by Gasteiger charge is -2.25. The van der Waals surface area contributed by atoms with Crippen LogP contribution in [-0.4, -0.2) is 29.2 Å². The van der Waals surface area contributed by atoms with Gasteiger partial charge in [0.15, 0.2) is 0 Å². The molecule has 0 saturated carbocycles. The summed E-state index contributed by atoms with van der Waals surface area (Å²) in [5, 5.41) is 12.6. The van der Waals surface area contributed by atoms with Gasteiger partial charge in [0.25, 0.3) is 0 Å². The maximum atomic E-state index is 11.6. The van der Waals surface area contributed by atoms with Gasteiger partial charge in [-0.25, -0.2) is 0 Å². The molecule has 0 spiro atoms. The standard InChI is InChI=1S/C12H26N2O2/c1-5-7-12(4,16)8-14-11(15)10(13)9(3)6-2/h9-10,16H,5-8,13H2,1-4H3,(H,14,15)/t9-,10-,12?/m0/s1. The van der Waals surface area contributed by atoms with E-state index in [1.165, 1.54) is 0 Å². The van der Waals surface area contributed by atoms with E-state index in [-0.39, 0.29) is 18.4 Å². The SMILES string of the molecule is CCCC(C)(O)CNC(=O)[C@@H](N)[C@@H](C)CC. The fourth-order valence-electron chi connectivity index (χ4n) is 1.53. The van der Waals surface area contributed by atoms with E-state index in [9.17, 15) is 9.90 Å². The Bertz CT molecular complexity index is 217. The first kappa shape index (κ1) is 15.4. The molecule has 0 rings (SSSR count). The van der Waals surface area contributed by atoms with Crippen molar-refractivity contribution in [2.75, 3.05) is 6.54 Å². The van der Waals surface area contributed by atoms with Crippen molar-refractivity contribution in [3.63, 3.8) is 0 Å². The van der Waals surface area contributed by atoms with Crippen molar-refractivity contribution in [3.8, 4) is 0 Å². The summed E-state index contributed by atoms with van der Waals surface area (Å²) in [5.41, 5.74) is 4.95. The molecule has 16 heavy (non-hydrogen) atoms. The monoisotopic (exact) mass is 230 g/mol. The minimum Gasteiger partial charge on any atom is -0.388 e. The van der Waals surface area contributed by atoms with Gasteiger partial charge in [-0.1, -0.05) is 33.6 Å². The van der Waals surface area contributed by atoms with Crippen molar-refractivity contribution in [1.29, 1.82) is 0 Å². The highest BCUT2D eigenvalue weighted by Gasteiger charge is 2.23. The second-order valence-corrected chi connectivity index (χ2v) is 4.88. The first-order chi connectivity index (χ1) is 7.34. The van der Waals surface area contributed by atoms with Crippen LogP contribution in [0.25, 0.3) is 0 Å². The lowest BCUT2D eigenvalue weighted by molar-refractivity contribution is -0.124. The molecular formula is C12H26N2O2. The first-order valence-electron chi connectivity index (χ1n) is 6.09. The lowest BCUT2D eigenvalue weighted by atomic mass is 9.98. The van der Waals surface area contributed by atoms with Gasteiger partial charge in [-0.05, 0) is 19.3 Å². The predicted octanol–water partition coefficient (Wildman–Crippen LogP) is 1.03. The minimum atomic E-state index is -0.834. The second-order valence-electron chi connectivity index (χ2n) is 4.88. The molecule has 4 nitrogen and oxygen atoms in total. The lowest BCUT2D eigenvalue weighted by Crippen LogP contribution is -2.49. The zero-order valence-electron chi connectivity index (χ0n) is 10.9. The van der Waals surface area contributed by atoms with Gasteiger partial charge in [0.1, 0.15) is 0 Å². The molecular weight excluding hydrogens is 204 g/mol. The van der Waals surface area contributed by atoms with Crippen LogP contribution in [0.1, 0.15) is 47.0 Å². The molecule has 0 aromatic carbocycles. The molecule has 0 aromatic heterocycles. The van der Waals surface area contributed by atoms with E-state index in [1.54, 1.807) is 6.92 Å². The summed E-state index contributed by atoms with van der Waals surface area (Å²) in [6.45, 7) is 7.95. The number of amides is 1. The second kappa shape index (κ2) is 6.86. The molecule has 4 N–H and O–H groups in total. The van der Waals surface area contributed by atoms with E-state index in [4.69, 9.17) is 5.73 Å². The smallest absolute Gasteiger partial charge is 0.237 e. The molecule has 0 aliphatic heterocycles. The zero-order valence-corrected chi connectivity index (χ0v) is 10.9. The number of nitrogens with two attached hydrogens (primary N) is 1. The van der Waals surface area contributed by atoms with E-state index in [0.29, 0.717) is 6.42 Å². The zero-order chi connectivity index (χ0) is 12.8. The molecule has 3 atom stereocenters. The van der Waals surface area contributed by atoms with Crippen LogP contribution in [0.3, 0.4) is 0 Å². The number of hydrogen-bond donors (Lipinski definition) is 3. The quantitative estimate of drug-likeness (QED) is 0.611. The van der Waals surface area contributed by atoms with Crippen molar-refractivity contribution in [2.45, 2.75) is 58.6 Å². The van der Waals surface area contributed by atoms with E-state index in [1.807, 2.05) is 20.8 Å². The average Bonchev–Trinajstić information content (AvgIpc) is 2.23. The number of rotatable bonds is 7. The van der Waals surface area contributed by atoms with Crippen LogP contribution < -0.4 is 11.1 Å². The number of aliphatic hydroxyl groups is 1. The molecule has 1 amide bonds. The summed E-state index contributed by atoms with van der Waals surface area (Å²) >= 11 is 0. The summed E-state index contributed by atoms with van der Waals surface area (Å²) in [6, 6.07) is -0.484. The van der Waals surface area contributed by atoms with Crippen molar-refractivity contribution in [3.05, 3.63) is 0 Å². The molecule has 0 saturated heterocycles. The van der Waals surface area contributed by atoms with E-state index in [0.717, 1.165) is 12.8 Å². The van der Waals surface area contributed by atoms with E-state index >= 15 is 0 Å². The Morgan fingerprint density at radius 2 is 2.06 bits per heavy atom. The van der Waals surface area contributed by atoms with Crippen LogP contribution in [0, 0.1) is 5.92 Å². The molecule has 1 unspecified atom stereocenters. The number of carbonyl (C=O) groups excluding carboxylic acids is 1. The molecule has 0 heterocycles. The van der Waals surface area contributed by atoms with Gasteiger partial charge in [0.2, 0.25) is 5.91 Å². The number of nitrogens with one attached hydrogen (secondary N) is 1. The van der Waals surface area contributed by atoms with Crippen molar-refractivity contribution < 1.29 is 9.90 Å². The topological polar surface area (TPSA) is 75.3 Å². The average molecular weight is 230 g/mol. The fourth-order valence-corrected chi connectivity index (χ4v) is 1.53. The molecule has 0 aromatic rings. The Morgan fingerprint density at radius 1 is 1.50 bits per heavy atom. The highest BCUT2D eigenvalue weighted by Crippen LogP contribution is 2.11. The summed E-state index contributed by atoms with van der Waals surface area (Å²) < 4.78 is 0. The molecule has 0 aliphatic rings. The van der Waals surface area contributed by atoms with Crippen LogP contribution in [0.2, 0.25) is 0 Å². The van der Waals surface area contributed by atoms with E-state index in [2.05, 4.69) is 5.32 Å². The van der Waals surface area contributed by atoms with Gasteiger partial charge in [-0.2, -0.15) is 0 Å². The molecule has 0 radical (unpaired) electrons. The Labute approximate surface area is 98.6 Å². The normalized spacial score (nSPS) is 18.6. The maximum absolute atomic E-state index is 11.6. The van der Waals surface area contributed by atoms with E-state index < -0.39 is 11.6 Å². The van der Waals surface area contributed by atoms with Gasteiger partial charge in [-0.3, -0.25) is 4.79 Å². The Kier molecular flexibility index (Phi) is 6.60. The van der Waals surface area contributed by atoms with Crippen LogP contribution in [-0.2, 0) is 4.79 Å². The number of carbonyl (C=O) groups is 1. The van der Waals surface area contributed by atoms with Crippen LogP contribution in [0.5, 0.6) is 0 Å².